The van der Waals surface area contributed by atoms with Gasteiger partial charge in [-0.3, -0.25) is 14.9 Å². The van der Waals surface area contributed by atoms with E-state index in [0.29, 0.717) is 16.3 Å². The Morgan fingerprint density at radius 1 is 1.10 bits per heavy atom. The molecule has 3 aromatic rings. The van der Waals surface area contributed by atoms with Crippen LogP contribution in [0.2, 0.25) is 0 Å². The van der Waals surface area contributed by atoms with E-state index in [2.05, 4.69) is 5.32 Å². The number of nitro benzene ring substituents is 1. The Morgan fingerprint density at radius 3 is 2.41 bits per heavy atom. The Labute approximate surface area is 169 Å². The van der Waals surface area contributed by atoms with E-state index in [-0.39, 0.29) is 17.9 Å². The molecule has 0 saturated heterocycles. The number of nitro groups is 1. The van der Waals surface area contributed by atoms with Gasteiger partial charge in [-0.1, -0.05) is 30.3 Å². The van der Waals surface area contributed by atoms with Crippen LogP contribution in [0.3, 0.4) is 0 Å². The van der Waals surface area contributed by atoms with E-state index in [0.717, 1.165) is 5.56 Å². The van der Waals surface area contributed by atoms with Crippen molar-refractivity contribution in [3.8, 4) is 16.9 Å². The molecule has 8 nitrogen and oxygen atoms in total. The summed E-state index contributed by atoms with van der Waals surface area (Å²) in [6, 6.07) is 14.7. The van der Waals surface area contributed by atoms with E-state index >= 15 is 0 Å². The highest BCUT2D eigenvalue weighted by Crippen LogP contribution is 2.36. The summed E-state index contributed by atoms with van der Waals surface area (Å²) in [5.74, 6) is -0.721. The summed E-state index contributed by atoms with van der Waals surface area (Å²) in [5.41, 5.74) is 1.68. The Hall–Kier alpha value is -3.72. The van der Waals surface area contributed by atoms with E-state index < -0.39 is 16.8 Å². The summed E-state index contributed by atoms with van der Waals surface area (Å²) in [4.78, 5) is 34.7. The van der Waals surface area contributed by atoms with Crippen molar-refractivity contribution in [2.75, 3.05) is 19.0 Å². The molecule has 0 atom stereocenters. The molecule has 0 fully saturated rings. The number of nitrogens with zero attached hydrogens (tertiary/aromatic N) is 1. The fourth-order valence-corrected chi connectivity index (χ4v) is 3.53. The van der Waals surface area contributed by atoms with E-state index in [1.807, 2.05) is 30.3 Å². The fraction of sp³-hybridized carbons (Fsp3) is 0.100. The molecule has 0 bridgehead atoms. The van der Waals surface area contributed by atoms with Gasteiger partial charge in [0.2, 0.25) is 0 Å². The summed E-state index contributed by atoms with van der Waals surface area (Å²) in [5, 5.41) is 15.4. The lowest BCUT2D eigenvalue weighted by molar-refractivity contribution is -0.384. The predicted octanol–water partition coefficient (Wildman–Crippen LogP) is 4.13. The number of carbonyl (C=O) groups excluding carboxylic acids is 2. The first-order valence-corrected chi connectivity index (χ1v) is 9.30. The van der Waals surface area contributed by atoms with Crippen LogP contribution >= 0.6 is 11.3 Å². The van der Waals surface area contributed by atoms with E-state index in [9.17, 15) is 19.7 Å². The molecule has 2 aromatic carbocycles. The summed E-state index contributed by atoms with van der Waals surface area (Å²) in [6.45, 7) is -0.322. The number of anilines is 1. The molecule has 9 heteroatoms. The van der Waals surface area contributed by atoms with Crippen LogP contribution in [0, 0.1) is 10.1 Å². The quantitative estimate of drug-likeness (QED) is 0.355. The molecule has 1 heterocycles. The predicted molar refractivity (Wildman–Crippen MR) is 108 cm³/mol. The lowest BCUT2D eigenvalue weighted by atomic mass is 10.0. The molecule has 0 spiro atoms. The third kappa shape index (κ3) is 4.77. The second-order valence-electron chi connectivity index (χ2n) is 5.80. The molecule has 0 unspecified atom stereocenters. The summed E-state index contributed by atoms with van der Waals surface area (Å²) < 4.78 is 10.2. The highest BCUT2D eigenvalue weighted by Gasteiger charge is 2.22. The normalized spacial score (nSPS) is 10.2. The first-order valence-electron chi connectivity index (χ1n) is 8.42. The molecule has 29 heavy (non-hydrogen) atoms. The van der Waals surface area contributed by atoms with Gasteiger partial charge in [0, 0.05) is 23.1 Å². The number of methoxy groups -OCH3 is 1. The monoisotopic (exact) mass is 412 g/mol. The third-order valence-electron chi connectivity index (χ3n) is 3.94. The van der Waals surface area contributed by atoms with Gasteiger partial charge in [-0.2, -0.15) is 0 Å². The van der Waals surface area contributed by atoms with Gasteiger partial charge in [-0.05, 0) is 17.7 Å². The summed E-state index contributed by atoms with van der Waals surface area (Å²) >= 11 is 1.21. The Balaban J connectivity index is 1.72. The number of rotatable bonds is 7. The Bertz CT molecular complexity index is 1030. The Kier molecular flexibility index (Phi) is 6.20. The maximum absolute atomic E-state index is 12.3. The smallest absolute Gasteiger partial charge is 0.341 e. The van der Waals surface area contributed by atoms with Gasteiger partial charge in [0.25, 0.3) is 11.6 Å². The van der Waals surface area contributed by atoms with Crippen molar-refractivity contribution >= 4 is 33.9 Å². The zero-order valence-electron chi connectivity index (χ0n) is 15.3. The average Bonchev–Trinajstić information content (AvgIpc) is 3.16. The van der Waals surface area contributed by atoms with E-state index in [1.165, 1.54) is 42.7 Å². The molecule has 0 radical (unpaired) electrons. The first kappa shape index (κ1) is 20.0. The van der Waals surface area contributed by atoms with Crippen molar-refractivity contribution in [3.05, 3.63) is 75.7 Å². The van der Waals surface area contributed by atoms with Crippen molar-refractivity contribution in [1.82, 2.24) is 0 Å². The van der Waals surface area contributed by atoms with Gasteiger partial charge < -0.3 is 14.8 Å². The van der Waals surface area contributed by atoms with Crippen LogP contribution in [-0.4, -0.2) is 30.5 Å². The third-order valence-corrected chi connectivity index (χ3v) is 4.83. The molecule has 148 valence electrons. The van der Waals surface area contributed by atoms with Crippen LogP contribution < -0.4 is 10.1 Å². The summed E-state index contributed by atoms with van der Waals surface area (Å²) in [6.07, 6.45) is 0. The molecular weight excluding hydrogens is 396 g/mol. The van der Waals surface area contributed by atoms with Crippen LogP contribution in [0.1, 0.15) is 10.4 Å². The van der Waals surface area contributed by atoms with Crippen LogP contribution in [0.15, 0.2) is 60.0 Å². The zero-order valence-corrected chi connectivity index (χ0v) is 16.1. The van der Waals surface area contributed by atoms with Crippen molar-refractivity contribution < 1.29 is 24.0 Å². The minimum atomic E-state index is -0.559. The number of thiophene rings is 1. The topological polar surface area (TPSA) is 108 Å². The van der Waals surface area contributed by atoms with Crippen LogP contribution in [0.25, 0.3) is 11.1 Å². The number of carbonyl (C=O) groups is 2. The van der Waals surface area contributed by atoms with Gasteiger partial charge in [-0.25, -0.2) is 4.79 Å². The average molecular weight is 412 g/mol. The first-order chi connectivity index (χ1) is 14.0. The molecular formula is C20H16N2O6S. The number of esters is 1. The van der Waals surface area contributed by atoms with Gasteiger partial charge in [0.05, 0.1) is 12.0 Å². The molecule has 1 N–H and O–H groups in total. The maximum Gasteiger partial charge on any atom is 0.341 e. The van der Waals surface area contributed by atoms with E-state index in [1.54, 1.807) is 5.38 Å². The molecule has 1 amide bonds. The molecule has 0 aliphatic carbocycles. The highest BCUT2D eigenvalue weighted by atomic mass is 32.1. The van der Waals surface area contributed by atoms with E-state index in [4.69, 9.17) is 9.47 Å². The number of non-ortho nitro benzene ring substituents is 1. The number of hydrogen-bond acceptors (Lipinski definition) is 7. The number of benzene rings is 2. The maximum atomic E-state index is 12.3. The Morgan fingerprint density at radius 2 is 1.79 bits per heavy atom. The molecule has 0 saturated carbocycles. The zero-order chi connectivity index (χ0) is 20.8. The second-order valence-corrected chi connectivity index (χ2v) is 6.68. The minimum Gasteiger partial charge on any atom is -0.484 e. The number of nitrogens with one attached hydrogen (secondary N) is 1. The lowest BCUT2D eigenvalue weighted by Crippen LogP contribution is -2.21. The van der Waals surface area contributed by atoms with Crippen LogP contribution in [0.4, 0.5) is 10.7 Å². The fourth-order valence-electron chi connectivity index (χ4n) is 2.56. The van der Waals surface area contributed by atoms with Gasteiger partial charge in [-0.15, -0.1) is 11.3 Å². The standard InChI is InChI=1S/C20H16N2O6S/c1-27-20(24)18-16(13-5-3-2-4-6-13)12-29-19(18)21-17(23)11-28-15-9-7-14(8-10-15)22(25)26/h2-10,12H,11H2,1H3,(H,21,23). The highest BCUT2D eigenvalue weighted by molar-refractivity contribution is 7.15. The van der Waals surface area contributed by atoms with Gasteiger partial charge >= 0.3 is 5.97 Å². The number of ether oxygens (including phenoxy) is 2. The van der Waals surface area contributed by atoms with Crippen molar-refractivity contribution in [2.24, 2.45) is 0 Å². The SMILES string of the molecule is COC(=O)c1c(-c2ccccc2)csc1NC(=O)COc1ccc([N+](=O)[O-])cc1. The molecule has 1 aromatic heterocycles. The van der Waals surface area contributed by atoms with Crippen molar-refractivity contribution in [1.29, 1.82) is 0 Å². The van der Waals surface area contributed by atoms with Crippen LogP contribution in [-0.2, 0) is 9.53 Å². The minimum absolute atomic E-state index is 0.0726. The molecule has 0 aliphatic heterocycles. The van der Waals surface area contributed by atoms with Crippen molar-refractivity contribution in [2.45, 2.75) is 0 Å². The second kappa shape index (κ2) is 8.98. The number of amides is 1. The van der Waals surface area contributed by atoms with Gasteiger partial charge in [0.15, 0.2) is 6.61 Å². The largest absolute Gasteiger partial charge is 0.484 e. The van der Waals surface area contributed by atoms with Gasteiger partial charge in [0.1, 0.15) is 16.3 Å². The lowest BCUT2D eigenvalue weighted by Gasteiger charge is -2.09. The number of hydrogen-bond donors (Lipinski definition) is 1. The summed E-state index contributed by atoms with van der Waals surface area (Å²) in [7, 11) is 1.28. The molecule has 3 rings (SSSR count). The van der Waals surface area contributed by atoms with Crippen LogP contribution in [0.5, 0.6) is 5.75 Å². The van der Waals surface area contributed by atoms with Crippen molar-refractivity contribution in [3.63, 3.8) is 0 Å². The molecule has 0 aliphatic rings.